The number of hydrogen-bond donors (Lipinski definition) is 7. The van der Waals surface area contributed by atoms with Gasteiger partial charge in [0.25, 0.3) is 0 Å². The number of fused-ring (bicyclic) bond motifs is 5. The molecule has 320 valence electrons. The Kier molecular flexibility index (Phi) is 30.2. The van der Waals surface area contributed by atoms with Gasteiger partial charge in [-0.05, 0) is 96.5 Å². The molecule has 4 aliphatic carbocycles. The molecule has 0 spiro atoms. The molecule has 3 saturated carbocycles. The van der Waals surface area contributed by atoms with E-state index in [1.54, 1.807) is 6.92 Å². The lowest BCUT2D eigenvalue weighted by molar-refractivity contribution is -0.206. The number of hydrogen-bond acceptors (Lipinski definition) is 10. The molecule has 0 saturated heterocycles. The van der Waals surface area contributed by atoms with Crippen LogP contribution in [0.25, 0.3) is 0 Å². The minimum absolute atomic E-state index is 0.0231. The average molecular weight is 781 g/mol. The zero-order valence-electron chi connectivity index (χ0n) is 37.2. The number of aliphatic hydroxyl groups excluding tert-OH is 5. The molecule has 9 nitrogen and oxygen atoms in total. The lowest BCUT2D eigenvalue weighted by Gasteiger charge is -2.63. The summed E-state index contributed by atoms with van der Waals surface area (Å²) in [7, 11) is 3.53. The van der Waals surface area contributed by atoms with Gasteiger partial charge in [-0.1, -0.05) is 103 Å². The van der Waals surface area contributed by atoms with Gasteiger partial charge in [-0.25, -0.2) is 0 Å². The highest BCUT2D eigenvalue weighted by Crippen LogP contribution is 2.68. The van der Waals surface area contributed by atoms with Crippen LogP contribution in [0.4, 0.5) is 0 Å². The van der Waals surface area contributed by atoms with Gasteiger partial charge in [-0.15, -0.1) is 0 Å². The third kappa shape index (κ3) is 14.5. The lowest BCUT2D eigenvalue weighted by atomic mass is 9.44. The predicted octanol–water partition coefficient (Wildman–Crippen LogP) is 9.10. The minimum atomic E-state index is -1.02. The van der Waals surface area contributed by atoms with Gasteiger partial charge in [0, 0.05) is 47.1 Å². The Hall–Kier alpha value is -1.01. The first-order chi connectivity index (χ1) is 25.1. The van der Waals surface area contributed by atoms with Crippen LogP contribution in [0.3, 0.4) is 0 Å². The summed E-state index contributed by atoms with van der Waals surface area (Å²) < 4.78 is 16.4. The van der Waals surface area contributed by atoms with E-state index in [0.717, 1.165) is 70.7 Å². The van der Waals surface area contributed by atoms with E-state index in [4.69, 9.17) is 23.9 Å². The summed E-state index contributed by atoms with van der Waals surface area (Å²) in [4.78, 5) is 0. The Morgan fingerprint density at radius 3 is 1.89 bits per heavy atom. The Morgan fingerprint density at radius 2 is 1.42 bits per heavy atom. The highest BCUT2D eigenvalue weighted by Gasteiger charge is 2.68. The molecule has 4 aliphatic rings. The van der Waals surface area contributed by atoms with Crippen LogP contribution >= 0.6 is 12.9 Å². The van der Waals surface area contributed by atoms with Crippen molar-refractivity contribution in [3.8, 4) is 0 Å². The van der Waals surface area contributed by atoms with Crippen LogP contribution < -0.4 is 0 Å². The monoisotopic (exact) mass is 781 g/mol. The van der Waals surface area contributed by atoms with Crippen molar-refractivity contribution in [3.05, 3.63) is 23.4 Å². The van der Waals surface area contributed by atoms with Crippen LogP contribution in [0.15, 0.2) is 23.4 Å². The van der Waals surface area contributed by atoms with Crippen LogP contribution in [0.5, 0.6) is 0 Å². The quantitative estimate of drug-likeness (QED) is 0.0499. The molecular formula is C43H88O9S. The molecular weight excluding hydrogens is 693 g/mol. The Bertz CT molecular complexity index is 988. The molecule has 4 rings (SSSR count). The van der Waals surface area contributed by atoms with E-state index >= 15 is 0 Å². The second-order valence-corrected chi connectivity index (χ2v) is 15.6. The minimum Gasteiger partial charge on any atom is -0.466 e. The molecule has 0 radical (unpaired) electrons. The molecule has 0 aromatic carbocycles. The van der Waals surface area contributed by atoms with Gasteiger partial charge in [0.15, 0.2) is 5.76 Å². The second-order valence-electron chi connectivity index (χ2n) is 15.4. The summed E-state index contributed by atoms with van der Waals surface area (Å²) in [5, 5.41) is 58.8. The maximum atomic E-state index is 12.5. The Balaban J connectivity index is -0.00000158. The highest BCUT2D eigenvalue weighted by atomic mass is 32.1. The summed E-state index contributed by atoms with van der Waals surface area (Å²) in [6.07, 6.45) is 7.84. The average Bonchev–Trinajstić information content (AvgIpc) is 3.43. The van der Waals surface area contributed by atoms with E-state index < -0.39 is 17.8 Å². The van der Waals surface area contributed by atoms with E-state index in [-0.39, 0.29) is 53.2 Å². The van der Waals surface area contributed by atoms with Gasteiger partial charge in [0.1, 0.15) is 6.10 Å². The van der Waals surface area contributed by atoms with Crippen molar-refractivity contribution < 1.29 is 44.3 Å². The Labute approximate surface area is 332 Å². The number of thiol groups is 1. The zero-order chi connectivity index (χ0) is 42.3. The molecule has 0 aromatic rings. The Morgan fingerprint density at radius 1 is 0.887 bits per heavy atom. The normalized spacial score (nSPS) is 33.4. The van der Waals surface area contributed by atoms with Crippen molar-refractivity contribution in [2.75, 3.05) is 27.9 Å². The first kappa shape index (κ1) is 56.3. The number of allylic oxidation sites excluding steroid dienone is 1. The second kappa shape index (κ2) is 28.4. The topological polar surface area (TPSA) is 149 Å². The molecule has 11 unspecified atom stereocenters. The molecule has 3 fully saturated rings. The fourth-order valence-electron chi connectivity index (χ4n) is 9.15. The third-order valence-corrected chi connectivity index (χ3v) is 12.0. The largest absolute Gasteiger partial charge is 0.466 e. The van der Waals surface area contributed by atoms with Gasteiger partial charge in [-0.2, -0.15) is 0 Å². The lowest BCUT2D eigenvalue weighted by Crippen LogP contribution is -2.64. The number of aliphatic hydroxyl groups is 6. The molecule has 0 aliphatic heterocycles. The first-order valence-corrected chi connectivity index (χ1v) is 21.0. The van der Waals surface area contributed by atoms with Crippen LogP contribution in [0.1, 0.15) is 155 Å². The molecule has 0 bridgehead atoms. The van der Waals surface area contributed by atoms with Gasteiger partial charge >= 0.3 is 5.95 Å². The van der Waals surface area contributed by atoms with Crippen molar-refractivity contribution >= 4 is 12.9 Å². The number of rotatable bonds is 10. The van der Waals surface area contributed by atoms with Crippen molar-refractivity contribution in [2.45, 2.75) is 179 Å². The molecule has 10 heteroatoms. The van der Waals surface area contributed by atoms with E-state index in [1.807, 2.05) is 47.6 Å². The fourth-order valence-corrected chi connectivity index (χ4v) is 9.22. The SMILES string of the molecule is CC.CC.CC.CC(C)C.CO.CO.COC(OC1C=C2C(O)CC3(O)C(CCC4(C)C(CCCC(C)C(C)CO)C(O)CC43)C2(C)CC1)=C(C)OS. The van der Waals surface area contributed by atoms with Gasteiger partial charge in [0.2, 0.25) is 0 Å². The smallest absolute Gasteiger partial charge is 0.320 e. The zero-order valence-corrected chi connectivity index (χ0v) is 38.1. The molecule has 11 atom stereocenters. The van der Waals surface area contributed by atoms with E-state index in [1.165, 1.54) is 7.11 Å². The summed E-state index contributed by atoms with van der Waals surface area (Å²) in [6, 6.07) is 0. The van der Waals surface area contributed by atoms with Crippen molar-refractivity contribution in [1.82, 2.24) is 0 Å². The highest BCUT2D eigenvalue weighted by molar-refractivity contribution is 7.75. The van der Waals surface area contributed by atoms with Gasteiger partial charge in [0.05, 0.1) is 24.9 Å². The van der Waals surface area contributed by atoms with E-state index in [9.17, 15) is 20.4 Å². The summed E-state index contributed by atoms with van der Waals surface area (Å²) in [6.45, 7) is 29.2. The van der Waals surface area contributed by atoms with E-state index in [2.05, 4.69) is 61.4 Å². The van der Waals surface area contributed by atoms with Gasteiger partial charge in [-0.3, -0.25) is 0 Å². The maximum Gasteiger partial charge on any atom is 0.320 e. The maximum absolute atomic E-state index is 12.5. The van der Waals surface area contributed by atoms with Crippen LogP contribution in [0, 0.1) is 46.3 Å². The predicted molar refractivity (Wildman–Crippen MR) is 224 cm³/mol. The third-order valence-electron chi connectivity index (χ3n) is 11.7. The fraction of sp³-hybridized carbons (Fsp3) is 0.907. The molecule has 0 amide bonds. The number of methoxy groups -OCH3 is 1. The summed E-state index contributed by atoms with van der Waals surface area (Å²) in [5.41, 5.74) is -0.553. The first-order valence-electron chi connectivity index (χ1n) is 20.6. The standard InChI is InChI=1S/C31H52O7S.C4H10.3C2H6.2CH4O/c1-18(19(2)17-32)8-7-9-22-24(33)15-27-29(22,4)13-11-26-30(5)12-10-21(37-28(36-6)20(3)38-39)14-23(30)25(34)16-31(26,27)35;1-4(2)3;5*1-2/h14,18-19,21-22,24-27,32-35,39H,7-13,15-17H2,1-6H3;4H,1-3H3;3*1-2H3;2*2H,1H3. The van der Waals surface area contributed by atoms with Crippen LogP contribution in [-0.4, -0.2) is 82.5 Å². The van der Waals surface area contributed by atoms with Crippen molar-refractivity contribution in [3.63, 3.8) is 0 Å². The molecule has 53 heavy (non-hydrogen) atoms. The summed E-state index contributed by atoms with van der Waals surface area (Å²) >= 11 is 3.85. The van der Waals surface area contributed by atoms with Crippen LogP contribution in [0.2, 0.25) is 0 Å². The summed E-state index contributed by atoms with van der Waals surface area (Å²) in [5.74, 6) is 2.39. The van der Waals surface area contributed by atoms with Crippen LogP contribution in [-0.2, 0) is 13.7 Å². The molecule has 6 N–H and O–H groups in total. The van der Waals surface area contributed by atoms with Crippen molar-refractivity contribution in [1.29, 1.82) is 0 Å². The molecule has 0 heterocycles. The van der Waals surface area contributed by atoms with Gasteiger partial charge < -0.3 is 44.3 Å². The molecule has 0 aromatic heterocycles. The van der Waals surface area contributed by atoms with Crippen molar-refractivity contribution in [2.24, 2.45) is 46.3 Å². The van der Waals surface area contributed by atoms with E-state index in [0.29, 0.717) is 24.5 Å². The number of ether oxygens (including phenoxy) is 2.